The number of nitrogens with one attached hydrogen (secondary N) is 1. The van der Waals surface area contributed by atoms with Crippen LogP contribution in [0.25, 0.3) is 0 Å². The highest BCUT2D eigenvalue weighted by atomic mass is 32.2. The molecule has 1 N–H and O–H groups in total. The minimum Gasteiger partial charge on any atom is -0.453 e. The van der Waals surface area contributed by atoms with Crippen LogP contribution in [0.4, 0.5) is 25.4 Å². The second-order valence-electron chi connectivity index (χ2n) is 8.28. The second kappa shape index (κ2) is 8.52. The van der Waals surface area contributed by atoms with Gasteiger partial charge in [0.1, 0.15) is 21.8 Å². The molecule has 3 aliphatic rings. The van der Waals surface area contributed by atoms with Gasteiger partial charge in [-0.1, -0.05) is 0 Å². The smallest absolute Gasteiger partial charge is 0.414 e. The Kier molecular flexibility index (Phi) is 5.96. The van der Waals surface area contributed by atoms with Crippen molar-refractivity contribution in [3.05, 3.63) is 24.0 Å². The van der Waals surface area contributed by atoms with E-state index in [9.17, 15) is 22.4 Å². The van der Waals surface area contributed by atoms with Crippen LogP contribution in [0.15, 0.2) is 18.2 Å². The zero-order valence-corrected chi connectivity index (χ0v) is 18.1. The number of hydrogen-bond donors (Lipinski definition) is 1. The van der Waals surface area contributed by atoms with Gasteiger partial charge in [0.25, 0.3) is 0 Å². The van der Waals surface area contributed by atoms with Crippen molar-refractivity contribution in [2.45, 2.75) is 18.9 Å². The fourth-order valence-electron chi connectivity index (χ4n) is 4.58. The standard InChI is InChI=1S/C20H26FN3O6S/c1-29-19(25)22-9-16-12-24(20(26)30-16)15-2-3-18(17(21)8-15)23-10-13-4-6-31(27,28)7-5-14(13)11-23/h2-3,8,13-14,16H,4-7,9-12H2,1H3,(H,22,25)/t13?,14?,16-/m0/s1. The number of sulfone groups is 1. The topological polar surface area (TPSA) is 105 Å². The monoisotopic (exact) mass is 455 g/mol. The van der Waals surface area contributed by atoms with Crippen LogP contribution >= 0.6 is 0 Å². The van der Waals surface area contributed by atoms with E-state index in [1.807, 2.05) is 4.90 Å². The Labute approximate surface area is 180 Å². The van der Waals surface area contributed by atoms with Crippen molar-refractivity contribution in [3.8, 4) is 0 Å². The number of fused-ring (bicyclic) bond motifs is 1. The summed E-state index contributed by atoms with van der Waals surface area (Å²) in [5.74, 6) is 0.449. The highest BCUT2D eigenvalue weighted by molar-refractivity contribution is 7.91. The number of carbonyl (C=O) groups is 2. The third kappa shape index (κ3) is 4.70. The summed E-state index contributed by atoms with van der Waals surface area (Å²) in [5, 5.41) is 2.47. The summed E-state index contributed by atoms with van der Waals surface area (Å²) < 4.78 is 48.4. The predicted molar refractivity (Wildman–Crippen MR) is 112 cm³/mol. The largest absolute Gasteiger partial charge is 0.453 e. The van der Waals surface area contributed by atoms with Crippen molar-refractivity contribution in [1.82, 2.24) is 5.32 Å². The fraction of sp³-hybridized carbons (Fsp3) is 0.600. The van der Waals surface area contributed by atoms with Crippen LogP contribution in [0.2, 0.25) is 0 Å². The highest BCUT2D eigenvalue weighted by Gasteiger charge is 2.38. The van der Waals surface area contributed by atoms with Crippen LogP contribution in [-0.2, 0) is 19.3 Å². The molecule has 170 valence electrons. The van der Waals surface area contributed by atoms with E-state index in [4.69, 9.17) is 4.74 Å². The van der Waals surface area contributed by atoms with E-state index in [1.165, 1.54) is 18.1 Å². The van der Waals surface area contributed by atoms with Crippen LogP contribution in [-0.4, -0.2) is 71.5 Å². The minimum absolute atomic E-state index is 0.0990. The second-order valence-corrected chi connectivity index (χ2v) is 10.6. The maximum atomic E-state index is 15.0. The van der Waals surface area contributed by atoms with E-state index in [2.05, 4.69) is 10.1 Å². The van der Waals surface area contributed by atoms with Gasteiger partial charge in [-0.05, 0) is 42.9 Å². The van der Waals surface area contributed by atoms with Crippen LogP contribution in [0.3, 0.4) is 0 Å². The third-order valence-electron chi connectivity index (χ3n) is 6.29. The Morgan fingerprint density at radius 2 is 1.90 bits per heavy atom. The first kappa shape index (κ1) is 21.7. The van der Waals surface area contributed by atoms with Crippen molar-refractivity contribution in [1.29, 1.82) is 0 Å². The number of amides is 2. The molecule has 0 aromatic heterocycles. The summed E-state index contributed by atoms with van der Waals surface area (Å²) in [7, 11) is -1.72. The molecule has 1 aromatic carbocycles. The van der Waals surface area contributed by atoms with E-state index < -0.39 is 33.9 Å². The van der Waals surface area contributed by atoms with E-state index >= 15 is 0 Å². The number of alkyl carbamates (subject to hydrolysis) is 1. The number of hydrogen-bond acceptors (Lipinski definition) is 7. The van der Waals surface area contributed by atoms with Gasteiger partial charge in [-0.25, -0.2) is 22.4 Å². The molecule has 0 radical (unpaired) electrons. The molecular formula is C20H26FN3O6S. The number of benzene rings is 1. The summed E-state index contributed by atoms with van der Waals surface area (Å²) in [6.45, 7) is 1.54. The van der Waals surface area contributed by atoms with Gasteiger partial charge >= 0.3 is 12.2 Å². The first-order valence-corrected chi connectivity index (χ1v) is 12.1. The van der Waals surface area contributed by atoms with Gasteiger partial charge < -0.3 is 19.7 Å². The average molecular weight is 456 g/mol. The molecule has 2 unspecified atom stereocenters. The number of cyclic esters (lactones) is 1. The van der Waals surface area contributed by atoms with Crippen molar-refractivity contribution in [3.63, 3.8) is 0 Å². The molecule has 3 saturated heterocycles. The number of carbonyl (C=O) groups excluding carboxylic acids is 2. The van der Waals surface area contributed by atoms with Gasteiger partial charge in [-0.15, -0.1) is 0 Å². The molecule has 3 fully saturated rings. The zero-order valence-electron chi connectivity index (χ0n) is 17.3. The molecule has 1 aromatic rings. The van der Waals surface area contributed by atoms with E-state index in [0.717, 1.165) is 0 Å². The van der Waals surface area contributed by atoms with Gasteiger partial charge in [0.05, 0.1) is 43.1 Å². The van der Waals surface area contributed by atoms with Crippen molar-refractivity contribution in [2.75, 3.05) is 54.6 Å². The number of halogens is 1. The summed E-state index contributed by atoms with van der Waals surface area (Å²) in [4.78, 5) is 26.7. The summed E-state index contributed by atoms with van der Waals surface area (Å²) >= 11 is 0. The van der Waals surface area contributed by atoms with Crippen molar-refractivity contribution < 1.29 is 31.9 Å². The Bertz CT molecular complexity index is 950. The Morgan fingerprint density at radius 1 is 1.23 bits per heavy atom. The summed E-state index contributed by atoms with van der Waals surface area (Å²) in [5.41, 5.74) is 0.836. The molecule has 0 bridgehead atoms. The lowest BCUT2D eigenvalue weighted by molar-refractivity contribution is 0.132. The number of ether oxygens (including phenoxy) is 2. The molecular weight excluding hydrogens is 429 g/mol. The number of anilines is 2. The van der Waals surface area contributed by atoms with Gasteiger partial charge in [0.15, 0.2) is 0 Å². The molecule has 0 saturated carbocycles. The SMILES string of the molecule is COC(=O)NC[C@H]1CN(c2ccc(N3CC4CCS(=O)(=O)CCC4C3)c(F)c2)C(=O)O1. The van der Waals surface area contributed by atoms with Crippen LogP contribution in [0, 0.1) is 17.7 Å². The van der Waals surface area contributed by atoms with E-state index in [-0.39, 0.29) is 36.4 Å². The molecule has 3 atom stereocenters. The van der Waals surface area contributed by atoms with Crippen LogP contribution in [0.1, 0.15) is 12.8 Å². The first-order chi connectivity index (χ1) is 14.8. The van der Waals surface area contributed by atoms with Gasteiger partial charge in [-0.2, -0.15) is 0 Å². The number of nitrogens with zero attached hydrogens (tertiary/aromatic N) is 2. The fourth-order valence-corrected chi connectivity index (χ4v) is 6.11. The van der Waals surface area contributed by atoms with Gasteiger partial charge in [-0.3, -0.25) is 4.90 Å². The number of rotatable bonds is 4. The maximum Gasteiger partial charge on any atom is 0.414 e. The molecule has 9 nitrogen and oxygen atoms in total. The Balaban J connectivity index is 1.41. The van der Waals surface area contributed by atoms with Crippen LogP contribution < -0.4 is 15.1 Å². The van der Waals surface area contributed by atoms with Crippen LogP contribution in [0.5, 0.6) is 0 Å². The van der Waals surface area contributed by atoms with Gasteiger partial charge in [0.2, 0.25) is 0 Å². The van der Waals surface area contributed by atoms with Crippen molar-refractivity contribution >= 4 is 33.4 Å². The van der Waals surface area contributed by atoms with E-state index in [0.29, 0.717) is 37.3 Å². The molecule has 4 rings (SSSR count). The molecule has 3 heterocycles. The lowest BCUT2D eigenvalue weighted by atomic mass is 9.92. The van der Waals surface area contributed by atoms with E-state index in [1.54, 1.807) is 12.1 Å². The Hall–Kier alpha value is -2.56. The average Bonchev–Trinajstić information content (AvgIpc) is 3.28. The zero-order chi connectivity index (χ0) is 22.2. The first-order valence-electron chi connectivity index (χ1n) is 10.3. The molecule has 0 spiro atoms. The Morgan fingerprint density at radius 3 is 2.52 bits per heavy atom. The van der Waals surface area contributed by atoms with Crippen molar-refractivity contribution in [2.24, 2.45) is 11.8 Å². The predicted octanol–water partition coefficient (Wildman–Crippen LogP) is 1.77. The summed E-state index contributed by atoms with van der Waals surface area (Å²) in [6.07, 6.45) is -0.553. The number of methoxy groups -OCH3 is 1. The lowest BCUT2D eigenvalue weighted by Gasteiger charge is -2.21. The quantitative estimate of drug-likeness (QED) is 0.738. The molecule has 11 heteroatoms. The summed E-state index contributed by atoms with van der Waals surface area (Å²) in [6, 6.07) is 4.64. The highest BCUT2D eigenvalue weighted by Crippen LogP contribution is 2.37. The molecule has 3 aliphatic heterocycles. The maximum absolute atomic E-state index is 15.0. The third-order valence-corrected chi connectivity index (χ3v) is 8.01. The minimum atomic E-state index is -2.96. The molecule has 0 aliphatic carbocycles. The molecule has 31 heavy (non-hydrogen) atoms. The lowest BCUT2D eigenvalue weighted by Crippen LogP contribution is -2.34. The normalized spacial score (nSPS) is 27.4. The molecule has 2 amide bonds. The van der Waals surface area contributed by atoms with Gasteiger partial charge in [0, 0.05) is 13.1 Å².